The van der Waals surface area contributed by atoms with E-state index in [1.165, 1.54) is 5.56 Å². The molecule has 3 aromatic rings. The number of nitrogens with zero attached hydrogens (tertiary/aromatic N) is 2. The maximum Gasteiger partial charge on any atom is 0.253 e. The molecule has 0 spiro atoms. The fourth-order valence-electron chi connectivity index (χ4n) is 4.77. The fourth-order valence-corrected chi connectivity index (χ4v) is 4.77. The van der Waals surface area contributed by atoms with Gasteiger partial charge < -0.3 is 25.6 Å². The van der Waals surface area contributed by atoms with Crippen molar-refractivity contribution in [3.8, 4) is 0 Å². The summed E-state index contributed by atoms with van der Waals surface area (Å²) in [5, 5.41) is 22.2. The molecule has 0 aliphatic carbocycles. The van der Waals surface area contributed by atoms with E-state index in [-0.39, 0.29) is 18.1 Å². The Balaban J connectivity index is 1.33. The number of carbonyl (C=O) groups is 1. The lowest BCUT2D eigenvalue weighted by molar-refractivity contribution is 0.0784. The van der Waals surface area contributed by atoms with Gasteiger partial charge in [0.2, 0.25) is 0 Å². The van der Waals surface area contributed by atoms with Crippen molar-refractivity contribution in [2.75, 3.05) is 7.05 Å². The highest BCUT2D eigenvalue weighted by atomic mass is 16.3. The van der Waals surface area contributed by atoms with E-state index in [0.29, 0.717) is 23.6 Å². The Morgan fingerprint density at radius 2 is 1.80 bits per heavy atom. The average molecular weight is 474 g/mol. The molecule has 7 nitrogen and oxygen atoms in total. The minimum absolute atomic E-state index is 0.0520. The molecular weight excluding hydrogens is 438 g/mol. The number of hydrogen-bond acceptors (Lipinski definition) is 5. The minimum Gasteiger partial charge on any atom is -0.387 e. The second-order valence-electron chi connectivity index (χ2n) is 9.54. The first-order chi connectivity index (χ1) is 16.8. The highest BCUT2D eigenvalue weighted by Gasteiger charge is 2.29. The standard InChI is InChI=1S/C28H35N5O2/c1-19(29)33-18-21(10-15-26(33)30)17-32(2)28(35)23-11-8-20(9-12-23)16-24-13-14-25(31-24)27(34)22-6-4-3-5-7-22/h3-12,15,18-19,24-25,27,30-31,34H,13-14,16-17,29H2,1-2H3. The van der Waals surface area contributed by atoms with Crippen LogP contribution in [0.4, 0.5) is 0 Å². The van der Waals surface area contributed by atoms with Crippen LogP contribution in [0.2, 0.25) is 0 Å². The molecule has 2 heterocycles. The van der Waals surface area contributed by atoms with E-state index in [1.54, 1.807) is 22.6 Å². The van der Waals surface area contributed by atoms with E-state index >= 15 is 0 Å². The first-order valence-corrected chi connectivity index (χ1v) is 12.2. The number of aliphatic hydroxyl groups excluding tert-OH is 1. The predicted octanol–water partition coefficient (Wildman–Crippen LogP) is 3.11. The maximum atomic E-state index is 13.0. The fraction of sp³-hybridized carbons (Fsp3) is 0.357. The van der Waals surface area contributed by atoms with Crippen molar-refractivity contribution >= 4 is 5.91 Å². The van der Waals surface area contributed by atoms with Crippen molar-refractivity contribution in [2.45, 2.75) is 57.1 Å². The highest BCUT2D eigenvalue weighted by Crippen LogP contribution is 2.26. The van der Waals surface area contributed by atoms with Crippen LogP contribution in [0.15, 0.2) is 72.9 Å². The number of amides is 1. The molecule has 2 aromatic carbocycles. The normalized spacial score (nSPS) is 19.3. The van der Waals surface area contributed by atoms with E-state index in [1.807, 2.05) is 73.8 Å². The lowest BCUT2D eigenvalue weighted by Crippen LogP contribution is -2.35. The number of pyridine rings is 1. The van der Waals surface area contributed by atoms with E-state index in [0.717, 1.165) is 30.4 Å². The van der Waals surface area contributed by atoms with Gasteiger partial charge in [-0.2, -0.15) is 0 Å². The number of nitrogens with two attached hydrogens (primary N) is 1. The van der Waals surface area contributed by atoms with Crippen LogP contribution in [0.3, 0.4) is 0 Å². The molecule has 4 unspecified atom stereocenters. The lowest BCUT2D eigenvalue weighted by Gasteiger charge is -2.21. The molecule has 5 N–H and O–H groups in total. The SMILES string of the molecule is CC(N)n1cc(CN(C)C(=O)c2ccc(CC3CCC(C(O)c4ccccc4)N3)cc2)ccc1=N. The van der Waals surface area contributed by atoms with Crippen LogP contribution in [0.5, 0.6) is 0 Å². The van der Waals surface area contributed by atoms with Crippen molar-refractivity contribution in [1.29, 1.82) is 5.41 Å². The molecule has 1 aliphatic rings. The number of hydrogen-bond donors (Lipinski definition) is 4. The van der Waals surface area contributed by atoms with E-state index in [9.17, 15) is 9.90 Å². The summed E-state index contributed by atoms with van der Waals surface area (Å²) in [6.07, 6.45) is 3.83. The Morgan fingerprint density at radius 3 is 2.49 bits per heavy atom. The van der Waals surface area contributed by atoms with Crippen molar-refractivity contribution < 1.29 is 9.90 Å². The molecule has 35 heavy (non-hydrogen) atoms. The van der Waals surface area contributed by atoms with Crippen LogP contribution < -0.4 is 16.5 Å². The summed E-state index contributed by atoms with van der Waals surface area (Å²) in [5.41, 5.74) is 9.95. The Morgan fingerprint density at radius 1 is 1.11 bits per heavy atom. The summed E-state index contributed by atoms with van der Waals surface area (Å²) in [6, 6.07) is 21.5. The molecule has 0 bridgehead atoms. The summed E-state index contributed by atoms with van der Waals surface area (Å²) in [6.45, 7) is 2.26. The van der Waals surface area contributed by atoms with E-state index in [2.05, 4.69) is 5.32 Å². The van der Waals surface area contributed by atoms with Crippen LogP contribution in [-0.4, -0.2) is 39.6 Å². The monoisotopic (exact) mass is 473 g/mol. The zero-order valence-corrected chi connectivity index (χ0v) is 20.4. The average Bonchev–Trinajstić information content (AvgIpc) is 3.33. The number of rotatable bonds is 8. The lowest BCUT2D eigenvalue weighted by atomic mass is 10.0. The summed E-state index contributed by atoms with van der Waals surface area (Å²) < 4.78 is 1.68. The van der Waals surface area contributed by atoms with Gasteiger partial charge in [-0.05, 0) is 61.1 Å². The number of aliphatic hydroxyl groups is 1. The zero-order valence-electron chi connectivity index (χ0n) is 20.4. The van der Waals surface area contributed by atoms with Gasteiger partial charge in [0, 0.05) is 37.4 Å². The molecule has 1 saturated heterocycles. The van der Waals surface area contributed by atoms with Gasteiger partial charge in [-0.1, -0.05) is 48.5 Å². The van der Waals surface area contributed by atoms with Gasteiger partial charge in [0.25, 0.3) is 5.91 Å². The Labute approximate surface area is 206 Å². The minimum atomic E-state index is -0.503. The third kappa shape index (κ3) is 6.06. The Kier molecular flexibility index (Phi) is 7.80. The second-order valence-corrected chi connectivity index (χ2v) is 9.54. The molecule has 0 saturated carbocycles. The molecule has 1 fully saturated rings. The Bertz CT molecular complexity index is 1190. The number of carbonyl (C=O) groups excluding carboxylic acids is 1. The van der Waals surface area contributed by atoms with Crippen LogP contribution in [0.1, 0.15) is 59.1 Å². The van der Waals surface area contributed by atoms with E-state index < -0.39 is 6.10 Å². The molecule has 184 valence electrons. The zero-order chi connectivity index (χ0) is 24.9. The molecule has 4 rings (SSSR count). The van der Waals surface area contributed by atoms with Gasteiger partial charge in [-0.3, -0.25) is 10.2 Å². The second kappa shape index (κ2) is 11.0. The summed E-state index contributed by atoms with van der Waals surface area (Å²) in [7, 11) is 1.78. The van der Waals surface area contributed by atoms with Crippen LogP contribution in [0, 0.1) is 5.41 Å². The number of aromatic nitrogens is 1. The van der Waals surface area contributed by atoms with Crippen molar-refractivity contribution in [3.63, 3.8) is 0 Å². The molecule has 7 heteroatoms. The summed E-state index contributed by atoms with van der Waals surface area (Å²) >= 11 is 0. The predicted molar refractivity (Wildman–Crippen MR) is 136 cm³/mol. The third-order valence-electron chi connectivity index (χ3n) is 6.72. The largest absolute Gasteiger partial charge is 0.387 e. The van der Waals surface area contributed by atoms with Crippen LogP contribution >= 0.6 is 0 Å². The molecule has 1 aromatic heterocycles. The summed E-state index contributed by atoms with van der Waals surface area (Å²) in [4.78, 5) is 14.6. The summed E-state index contributed by atoms with van der Waals surface area (Å²) in [5.74, 6) is -0.0520. The van der Waals surface area contributed by atoms with E-state index in [4.69, 9.17) is 11.1 Å². The van der Waals surface area contributed by atoms with Gasteiger partial charge >= 0.3 is 0 Å². The van der Waals surface area contributed by atoms with Crippen molar-refractivity contribution in [2.24, 2.45) is 5.73 Å². The highest BCUT2D eigenvalue weighted by molar-refractivity contribution is 5.94. The van der Waals surface area contributed by atoms with Gasteiger partial charge in [0.1, 0.15) is 5.49 Å². The molecule has 1 amide bonds. The third-order valence-corrected chi connectivity index (χ3v) is 6.72. The number of benzene rings is 2. The quantitative estimate of drug-likeness (QED) is 0.403. The first kappa shape index (κ1) is 24.9. The van der Waals surface area contributed by atoms with Crippen molar-refractivity contribution in [1.82, 2.24) is 14.8 Å². The van der Waals surface area contributed by atoms with Crippen LogP contribution in [-0.2, 0) is 13.0 Å². The molecular formula is C28H35N5O2. The molecule has 0 radical (unpaired) electrons. The van der Waals surface area contributed by atoms with Gasteiger partial charge in [0.15, 0.2) is 0 Å². The topological polar surface area (TPSA) is 107 Å². The Hall–Kier alpha value is -3.26. The first-order valence-electron chi connectivity index (χ1n) is 12.2. The van der Waals surface area contributed by atoms with Crippen LogP contribution in [0.25, 0.3) is 0 Å². The maximum absolute atomic E-state index is 13.0. The van der Waals surface area contributed by atoms with Crippen molar-refractivity contribution in [3.05, 3.63) is 101 Å². The van der Waals surface area contributed by atoms with Gasteiger partial charge in [-0.15, -0.1) is 0 Å². The van der Waals surface area contributed by atoms with Gasteiger partial charge in [0.05, 0.1) is 12.3 Å². The molecule has 4 atom stereocenters. The molecule has 1 aliphatic heterocycles. The van der Waals surface area contributed by atoms with Gasteiger partial charge in [-0.25, -0.2) is 0 Å². The smallest absolute Gasteiger partial charge is 0.253 e. The number of nitrogens with one attached hydrogen (secondary N) is 2.